The van der Waals surface area contributed by atoms with Crippen molar-refractivity contribution in [2.75, 3.05) is 13.1 Å². The van der Waals surface area contributed by atoms with E-state index in [1.807, 2.05) is 0 Å². The van der Waals surface area contributed by atoms with E-state index in [1.165, 1.54) is 6.42 Å². The summed E-state index contributed by atoms with van der Waals surface area (Å²) in [4.78, 5) is 6.25. The zero-order valence-electron chi connectivity index (χ0n) is 13.8. The molecule has 3 saturated heterocycles. The first kappa shape index (κ1) is 14.8. The number of piperidine rings is 1. The lowest BCUT2D eigenvalue weighted by molar-refractivity contribution is -1.09. The van der Waals surface area contributed by atoms with Crippen molar-refractivity contribution in [2.24, 2.45) is 0 Å². The number of hydrogen-bond donors (Lipinski definition) is 0. The van der Waals surface area contributed by atoms with E-state index in [0.29, 0.717) is 12.1 Å². The fraction of sp³-hybridized carbons (Fsp3) is 1.00. The first-order valence-corrected chi connectivity index (χ1v) is 7.99. The molecule has 0 N–H and O–H groups in total. The zero-order valence-corrected chi connectivity index (χ0v) is 13.8. The molecule has 0 radical (unpaired) electrons. The van der Waals surface area contributed by atoms with Gasteiger partial charge >= 0.3 is 0 Å². The number of hydroxylamine groups is 3. The molecule has 4 nitrogen and oxygen atoms in total. The second-order valence-corrected chi connectivity index (χ2v) is 8.64. The number of quaternary nitrogens is 1. The van der Waals surface area contributed by atoms with Gasteiger partial charge in [0.2, 0.25) is 0 Å². The van der Waals surface area contributed by atoms with E-state index < -0.39 is 0 Å². The molecule has 0 aliphatic carbocycles. The van der Waals surface area contributed by atoms with Gasteiger partial charge in [0.15, 0.2) is 6.04 Å². The summed E-state index contributed by atoms with van der Waals surface area (Å²) in [6.07, 6.45) is 3.06. The van der Waals surface area contributed by atoms with Crippen LogP contribution in [0.15, 0.2) is 0 Å². The molecule has 0 aromatic rings. The number of hydrogen-bond acceptors (Lipinski definition) is 3. The molecule has 0 amide bonds. The van der Waals surface area contributed by atoms with E-state index in [2.05, 4.69) is 41.5 Å². The Hall–Kier alpha value is -0.160. The van der Waals surface area contributed by atoms with Crippen molar-refractivity contribution < 1.29 is 19.0 Å². The molecule has 3 aliphatic heterocycles. The largest absolute Gasteiger partial charge is 0.364 e. The number of ether oxygens (including phenoxy) is 2. The van der Waals surface area contributed by atoms with Gasteiger partial charge in [-0.2, -0.15) is 9.48 Å². The Morgan fingerprint density at radius 1 is 1.00 bits per heavy atom. The predicted octanol–water partition coefficient (Wildman–Crippen LogP) is 2.66. The Morgan fingerprint density at radius 2 is 1.65 bits per heavy atom. The maximum Gasteiger partial charge on any atom is 0.151 e. The molecule has 20 heavy (non-hydrogen) atoms. The van der Waals surface area contributed by atoms with Gasteiger partial charge in [-0.25, -0.2) is 0 Å². The van der Waals surface area contributed by atoms with Crippen molar-refractivity contribution in [1.82, 2.24) is 0 Å². The summed E-state index contributed by atoms with van der Waals surface area (Å²) >= 11 is 0. The van der Waals surface area contributed by atoms with Gasteiger partial charge in [0, 0.05) is 12.8 Å². The molecule has 4 heteroatoms. The van der Waals surface area contributed by atoms with E-state index >= 15 is 0 Å². The van der Waals surface area contributed by atoms with Crippen LogP contribution in [0.2, 0.25) is 0 Å². The monoisotopic (exact) mass is 284 g/mol. The lowest BCUT2D eigenvalue weighted by Gasteiger charge is -2.33. The van der Waals surface area contributed by atoms with E-state index in [4.69, 9.17) is 14.3 Å². The summed E-state index contributed by atoms with van der Waals surface area (Å²) in [7, 11) is 0. The van der Waals surface area contributed by atoms with Crippen LogP contribution < -0.4 is 0 Å². The molecule has 0 aromatic carbocycles. The summed E-state index contributed by atoms with van der Waals surface area (Å²) in [5.74, 6) is 0. The normalized spacial score (nSPS) is 44.1. The summed E-state index contributed by atoms with van der Waals surface area (Å²) < 4.78 is 13.5. The fourth-order valence-corrected chi connectivity index (χ4v) is 4.08. The van der Waals surface area contributed by atoms with Crippen LogP contribution in [0.4, 0.5) is 0 Å². The van der Waals surface area contributed by atoms with E-state index in [9.17, 15) is 0 Å². The van der Waals surface area contributed by atoms with E-state index in [1.54, 1.807) is 0 Å². The summed E-state index contributed by atoms with van der Waals surface area (Å²) in [6, 6.07) is 0.459. The number of rotatable bonds is 2. The molecular formula is C16H30NO3+. The van der Waals surface area contributed by atoms with Crippen molar-refractivity contribution in [2.45, 2.75) is 89.9 Å². The van der Waals surface area contributed by atoms with E-state index in [0.717, 1.165) is 24.2 Å². The van der Waals surface area contributed by atoms with Gasteiger partial charge in [0.25, 0.3) is 0 Å². The van der Waals surface area contributed by atoms with Crippen LogP contribution in [0.5, 0.6) is 0 Å². The Bertz CT molecular complexity index is 384. The van der Waals surface area contributed by atoms with Gasteiger partial charge in [0.05, 0.1) is 11.2 Å². The molecule has 116 valence electrons. The summed E-state index contributed by atoms with van der Waals surface area (Å²) in [6.45, 7) is 14.8. The topological polar surface area (TPSA) is 27.7 Å². The Balaban J connectivity index is 1.82. The SMILES string of the molecule is CC(C)(C)O[C@@H]1[C@@H](OC(C)(C)C)C[N@+]23CC[C@H](C[C@@H]12)O3. The fourth-order valence-electron chi connectivity index (χ4n) is 4.08. The second-order valence-electron chi connectivity index (χ2n) is 8.64. The van der Waals surface area contributed by atoms with Gasteiger partial charge in [-0.1, -0.05) is 0 Å². The molecule has 3 fully saturated rings. The highest BCUT2D eigenvalue weighted by Gasteiger charge is 2.66. The van der Waals surface area contributed by atoms with E-state index in [-0.39, 0.29) is 23.4 Å². The smallest absolute Gasteiger partial charge is 0.151 e. The van der Waals surface area contributed by atoms with Crippen LogP contribution in [-0.2, 0) is 14.3 Å². The number of fused-ring (bicyclic) bond motifs is 1. The van der Waals surface area contributed by atoms with Crippen LogP contribution in [0.25, 0.3) is 0 Å². The lowest BCUT2D eigenvalue weighted by Crippen LogP contribution is -2.49. The summed E-state index contributed by atoms with van der Waals surface area (Å²) in [5, 5.41) is 0. The first-order valence-electron chi connectivity index (χ1n) is 7.99. The van der Waals surface area contributed by atoms with Gasteiger partial charge in [-0.15, -0.1) is 0 Å². The van der Waals surface area contributed by atoms with Crippen LogP contribution in [-0.4, -0.2) is 53.3 Å². The van der Waals surface area contributed by atoms with Crippen LogP contribution in [0.3, 0.4) is 0 Å². The van der Waals surface area contributed by atoms with Gasteiger partial charge in [-0.05, 0) is 41.5 Å². The second kappa shape index (κ2) is 4.42. The molecule has 5 atom stereocenters. The molecule has 3 rings (SSSR count). The maximum atomic E-state index is 6.40. The first-order chi connectivity index (χ1) is 9.08. The molecule has 2 bridgehead atoms. The Morgan fingerprint density at radius 3 is 2.20 bits per heavy atom. The van der Waals surface area contributed by atoms with Crippen molar-refractivity contribution in [3.8, 4) is 0 Å². The molecule has 3 heterocycles. The third-order valence-electron chi connectivity index (χ3n) is 4.53. The highest BCUT2D eigenvalue weighted by molar-refractivity contribution is 4.95. The predicted molar refractivity (Wildman–Crippen MR) is 77.1 cm³/mol. The molecule has 0 unspecified atom stereocenters. The minimum Gasteiger partial charge on any atom is -0.364 e. The maximum absolute atomic E-state index is 6.40. The highest BCUT2D eigenvalue weighted by Crippen LogP contribution is 2.48. The summed E-state index contributed by atoms with van der Waals surface area (Å²) in [5.41, 5.74) is -0.275. The standard InChI is InChI=1S/C16H30NO3/c1-15(2,3)18-13-10-17-8-7-11(20-17)9-12(17)14(13)19-16(4,5)6/h11-14H,7-10H2,1-6H3/q+1/t11-,12+,13+,14+,17-/m1/s1. The van der Waals surface area contributed by atoms with Gasteiger partial charge in [-0.3, -0.25) is 0 Å². The zero-order chi connectivity index (χ0) is 14.8. The van der Waals surface area contributed by atoms with Crippen molar-refractivity contribution in [3.63, 3.8) is 0 Å². The van der Waals surface area contributed by atoms with Crippen molar-refractivity contribution >= 4 is 0 Å². The lowest BCUT2D eigenvalue weighted by atomic mass is 9.98. The quantitative estimate of drug-likeness (QED) is 0.730. The Kier molecular flexibility index (Phi) is 3.26. The molecule has 1 spiro atoms. The van der Waals surface area contributed by atoms with Crippen molar-refractivity contribution in [3.05, 3.63) is 0 Å². The van der Waals surface area contributed by atoms with Gasteiger partial charge < -0.3 is 9.47 Å². The van der Waals surface area contributed by atoms with Gasteiger partial charge in [0.1, 0.15) is 31.4 Å². The van der Waals surface area contributed by atoms with Crippen LogP contribution in [0.1, 0.15) is 54.4 Å². The highest BCUT2D eigenvalue weighted by atomic mass is 16.8. The minimum absolute atomic E-state index is 0.137. The van der Waals surface area contributed by atoms with Crippen LogP contribution >= 0.6 is 0 Å². The third-order valence-corrected chi connectivity index (χ3v) is 4.53. The minimum atomic E-state index is -0.138. The molecule has 0 saturated carbocycles. The average Bonchev–Trinajstić information content (AvgIpc) is 2.84. The van der Waals surface area contributed by atoms with Crippen LogP contribution in [0, 0.1) is 0 Å². The molecular weight excluding hydrogens is 254 g/mol. The Labute approximate surface area is 122 Å². The molecule has 3 aliphatic rings. The molecule has 0 aromatic heterocycles. The average molecular weight is 284 g/mol. The number of nitrogens with zero attached hydrogens (tertiary/aromatic N) is 1. The van der Waals surface area contributed by atoms with Crippen molar-refractivity contribution in [1.29, 1.82) is 0 Å². The third kappa shape index (κ3) is 2.63.